The molecule has 0 bridgehead atoms. The van der Waals surface area contributed by atoms with Gasteiger partial charge in [-0.15, -0.1) is 0 Å². The Kier molecular flexibility index (Phi) is 5.71. The number of alkyl carbamates (subject to hydrolysis) is 1. The maximum absolute atomic E-state index is 14.2. The van der Waals surface area contributed by atoms with Gasteiger partial charge in [0.05, 0.1) is 13.2 Å². The van der Waals surface area contributed by atoms with E-state index < -0.39 is 48.4 Å². The van der Waals surface area contributed by atoms with Gasteiger partial charge in [0.15, 0.2) is 0 Å². The molecule has 2 heterocycles. The van der Waals surface area contributed by atoms with Crippen LogP contribution in [0.15, 0.2) is 48.5 Å². The Balaban J connectivity index is 1.29. The number of aliphatic carboxylic acids is 1. The van der Waals surface area contributed by atoms with Crippen LogP contribution in [0.3, 0.4) is 0 Å². The highest BCUT2D eigenvalue weighted by Crippen LogP contribution is 2.44. The first-order valence-corrected chi connectivity index (χ1v) is 11.3. The van der Waals surface area contributed by atoms with E-state index in [0.717, 1.165) is 27.2 Å². The molecule has 8 nitrogen and oxygen atoms in total. The molecule has 10 heteroatoms. The molecule has 184 valence electrons. The Labute approximate surface area is 199 Å². The predicted molar refractivity (Wildman–Crippen MR) is 119 cm³/mol. The molecule has 2 saturated heterocycles. The number of benzene rings is 2. The lowest BCUT2D eigenvalue weighted by Crippen LogP contribution is -2.60. The lowest BCUT2D eigenvalue weighted by atomic mass is 9.96. The molecule has 2 atom stereocenters. The van der Waals surface area contributed by atoms with E-state index in [1.165, 1.54) is 0 Å². The molecule has 2 unspecified atom stereocenters. The summed E-state index contributed by atoms with van der Waals surface area (Å²) in [6.07, 6.45) is -0.804. The Morgan fingerprint density at radius 3 is 2.26 bits per heavy atom. The number of nitrogens with one attached hydrogen (secondary N) is 1. The highest BCUT2D eigenvalue weighted by molar-refractivity contribution is 5.91. The summed E-state index contributed by atoms with van der Waals surface area (Å²) in [5.41, 5.74) is 2.59. The molecule has 2 amide bonds. The van der Waals surface area contributed by atoms with Crippen LogP contribution in [0, 0.1) is 5.92 Å². The number of ether oxygens (including phenoxy) is 2. The molecule has 2 aliphatic heterocycles. The fourth-order valence-electron chi connectivity index (χ4n) is 5.21. The van der Waals surface area contributed by atoms with Gasteiger partial charge in [-0.1, -0.05) is 48.5 Å². The van der Waals surface area contributed by atoms with Crippen molar-refractivity contribution in [2.75, 3.05) is 32.9 Å². The van der Waals surface area contributed by atoms with Crippen molar-refractivity contribution in [2.24, 2.45) is 5.92 Å². The zero-order chi connectivity index (χ0) is 24.8. The summed E-state index contributed by atoms with van der Waals surface area (Å²) in [5.74, 6) is -8.22. The van der Waals surface area contributed by atoms with Crippen LogP contribution in [0.2, 0.25) is 0 Å². The molecule has 0 radical (unpaired) electrons. The van der Waals surface area contributed by atoms with Crippen molar-refractivity contribution in [1.29, 1.82) is 0 Å². The van der Waals surface area contributed by atoms with Crippen molar-refractivity contribution in [1.82, 2.24) is 10.2 Å². The summed E-state index contributed by atoms with van der Waals surface area (Å²) in [7, 11) is 0. The summed E-state index contributed by atoms with van der Waals surface area (Å²) in [4.78, 5) is 38.0. The number of hydrogen-bond donors (Lipinski definition) is 2. The van der Waals surface area contributed by atoms with E-state index in [4.69, 9.17) is 14.6 Å². The van der Waals surface area contributed by atoms with Gasteiger partial charge in [0, 0.05) is 25.5 Å². The quantitative estimate of drug-likeness (QED) is 0.674. The van der Waals surface area contributed by atoms with Gasteiger partial charge in [0.1, 0.15) is 18.1 Å². The zero-order valence-corrected chi connectivity index (χ0v) is 18.7. The van der Waals surface area contributed by atoms with Crippen molar-refractivity contribution in [3.05, 3.63) is 59.7 Å². The molecule has 2 aromatic rings. The number of halogens is 2. The molecule has 35 heavy (non-hydrogen) atoms. The lowest BCUT2D eigenvalue weighted by Gasteiger charge is -2.31. The Bertz CT molecular complexity index is 1130. The second kappa shape index (κ2) is 8.60. The zero-order valence-electron chi connectivity index (χ0n) is 18.7. The third-order valence-corrected chi connectivity index (χ3v) is 7.02. The number of carbonyl (C=O) groups excluding carboxylic acids is 2. The summed E-state index contributed by atoms with van der Waals surface area (Å²) in [6.45, 7) is -1.72. The van der Waals surface area contributed by atoms with Crippen LogP contribution in [0.4, 0.5) is 13.6 Å². The van der Waals surface area contributed by atoms with E-state index >= 15 is 0 Å². The fourth-order valence-corrected chi connectivity index (χ4v) is 5.21. The molecule has 0 aromatic heterocycles. The first-order chi connectivity index (χ1) is 16.7. The monoisotopic (exact) mass is 486 g/mol. The fraction of sp³-hybridized carbons (Fsp3) is 0.400. The highest BCUT2D eigenvalue weighted by atomic mass is 19.3. The number of carboxylic acids is 1. The third kappa shape index (κ3) is 4.01. The summed E-state index contributed by atoms with van der Waals surface area (Å²) >= 11 is 0. The third-order valence-electron chi connectivity index (χ3n) is 7.02. The molecular formula is C25H24F2N2O6. The molecular weight excluding hydrogens is 462 g/mol. The topological polar surface area (TPSA) is 105 Å². The van der Waals surface area contributed by atoms with Gasteiger partial charge in [0.25, 0.3) is 11.8 Å². The molecule has 3 aliphatic rings. The minimum atomic E-state index is -3.56. The van der Waals surface area contributed by atoms with Crippen LogP contribution in [0.1, 0.15) is 23.5 Å². The normalized spacial score (nSPS) is 24.6. The van der Waals surface area contributed by atoms with E-state index in [1.54, 1.807) is 0 Å². The number of carboxylic acid groups (broad SMARTS) is 1. The van der Waals surface area contributed by atoms with E-state index in [-0.39, 0.29) is 32.2 Å². The van der Waals surface area contributed by atoms with Gasteiger partial charge in [-0.2, -0.15) is 0 Å². The predicted octanol–water partition coefficient (Wildman–Crippen LogP) is 2.86. The molecule has 2 N–H and O–H groups in total. The van der Waals surface area contributed by atoms with Crippen LogP contribution in [0.5, 0.6) is 0 Å². The smallest absolute Gasteiger partial charge is 0.408 e. The van der Waals surface area contributed by atoms with Gasteiger partial charge in [-0.25, -0.2) is 13.6 Å². The molecule has 5 rings (SSSR count). The first-order valence-electron chi connectivity index (χ1n) is 11.3. The molecule has 1 aliphatic carbocycles. The van der Waals surface area contributed by atoms with Gasteiger partial charge >= 0.3 is 12.1 Å². The number of nitrogens with zero attached hydrogens (tertiary/aromatic N) is 1. The average molecular weight is 486 g/mol. The number of hydrogen-bond acceptors (Lipinski definition) is 5. The van der Waals surface area contributed by atoms with Crippen molar-refractivity contribution < 1.29 is 37.7 Å². The number of carbonyl (C=O) groups is 3. The number of rotatable bonds is 5. The van der Waals surface area contributed by atoms with E-state index in [1.807, 2.05) is 48.5 Å². The minimum absolute atomic E-state index is 0.0217. The molecule has 0 spiro atoms. The van der Waals surface area contributed by atoms with Crippen molar-refractivity contribution in [2.45, 2.75) is 23.8 Å². The van der Waals surface area contributed by atoms with E-state index in [0.29, 0.717) is 0 Å². The van der Waals surface area contributed by atoms with Crippen LogP contribution >= 0.6 is 0 Å². The number of alkyl halides is 2. The first kappa shape index (κ1) is 23.2. The summed E-state index contributed by atoms with van der Waals surface area (Å²) in [6, 6.07) is 15.7. The molecule has 0 saturated carbocycles. The standard InChI is InChI=1S/C25H24F2N2O6/c26-25(27)13-29(11-20(25)21(30)31)22(32)24(9-10-34-14-24)28-23(33)35-12-19-17-7-3-1-5-15(17)16-6-2-4-8-18(16)19/h1-8,19-20H,9-14H2,(H,28,33)(H,30,31). The minimum Gasteiger partial charge on any atom is -0.481 e. The maximum atomic E-state index is 14.2. The average Bonchev–Trinajstić information content (AvgIpc) is 3.52. The van der Waals surface area contributed by atoms with Crippen molar-refractivity contribution in [3.8, 4) is 11.1 Å². The Morgan fingerprint density at radius 1 is 1.09 bits per heavy atom. The maximum Gasteiger partial charge on any atom is 0.408 e. The number of fused-ring (bicyclic) bond motifs is 3. The van der Waals surface area contributed by atoms with E-state index in [2.05, 4.69) is 5.32 Å². The lowest BCUT2D eigenvalue weighted by molar-refractivity contribution is -0.151. The van der Waals surface area contributed by atoms with Crippen LogP contribution < -0.4 is 5.32 Å². The number of likely N-dealkylation sites (tertiary alicyclic amines) is 1. The highest BCUT2D eigenvalue weighted by Gasteiger charge is 2.57. The van der Waals surface area contributed by atoms with Gasteiger partial charge in [-0.05, 0) is 22.3 Å². The SMILES string of the molecule is O=C(NC1(C(=O)N2CC(C(=O)O)C(F)(F)C2)CCOC1)OCC1c2ccccc2-c2ccccc21. The second-order valence-corrected chi connectivity index (χ2v) is 9.17. The van der Waals surface area contributed by atoms with Gasteiger partial charge < -0.3 is 24.8 Å². The largest absolute Gasteiger partial charge is 0.481 e. The molecule has 2 fully saturated rings. The van der Waals surface area contributed by atoms with Crippen molar-refractivity contribution in [3.63, 3.8) is 0 Å². The van der Waals surface area contributed by atoms with Gasteiger partial charge in [0.2, 0.25) is 0 Å². The molecule has 2 aromatic carbocycles. The van der Waals surface area contributed by atoms with Gasteiger partial charge in [-0.3, -0.25) is 9.59 Å². The van der Waals surface area contributed by atoms with E-state index in [9.17, 15) is 23.2 Å². The van der Waals surface area contributed by atoms with Crippen LogP contribution in [-0.4, -0.2) is 72.3 Å². The number of amides is 2. The van der Waals surface area contributed by atoms with Crippen LogP contribution in [0.25, 0.3) is 11.1 Å². The Morgan fingerprint density at radius 2 is 1.71 bits per heavy atom. The summed E-state index contributed by atoms with van der Waals surface area (Å²) in [5, 5.41) is 11.6. The summed E-state index contributed by atoms with van der Waals surface area (Å²) < 4.78 is 39.2. The second-order valence-electron chi connectivity index (χ2n) is 9.17. The van der Waals surface area contributed by atoms with Crippen molar-refractivity contribution >= 4 is 18.0 Å². The Hall–Kier alpha value is -3.53. The van der Waals surface area contributed by atoms with Crippen LogP contribution in [-0.2, 0) is 19.1 Å².